The molecule has 75 valence electrons. The third-order valence-corrected chi connectivity index (χ3v) is 3.16. The molecular formula is C13H11IN. The summed E-state index contributed by atoms with van der Waals surface area (Å²) < 4.78 is 1.21. The van der Waals surface area contributed by atoms with Gasteiger partial charge in [-0.25, -0.2) is 0 Å². The van der Waals surface area contributed by atoms with Crippen LogP contribution in [0.15, 0.2) is 48.5 Å². The van der Waals surface area contributed by atoms with E-state index in [1.165, 1.54) is 14.9 Å². The summed E-state index contributed by atoms with van der Waals surface area (Å²) in [5.41, 5.74) is 2.40. The molecule has 2 heteroatoms. The van der Waals surface area contributed by atoms with Crippen LogP contribution in [0.4, 0.5) is 11.4 Å². The summed E-state index contributed by atoms with van der Waals surface area (Å²) in [4.78, 5) is 2.18. The summed E-state index contributed by atoms with van der Waals surface area (Å²) in [5, 5.41) is 0. The average molecular weight is 308 g/mol. The molecule has 2 aromatic rings. The molecule has 0 aliphatic heterocycles. The van der Waals surface area contributed by atoms with Crippen LogP contribution in [-0.4, -0.2) is 7.05 Å². The zero-order valence-electron chi connectivity index (χ0n) is 8.44. The molecule has 1 nitrogen and oxygen atoms in total. The number of halogens is 1. The molecule has 0 aliphatic carbocycles. The van der Waals surface area contributed by atoms with E-state index in [0.717, 1.165) is 0 Å². The molecule has 2 rings (SSSR count). The van der Waals surface area contributed by atoms with E-state index in [1.54, 1.807) is 0 Å². The van der Waals surface area contributed by atoms with E-state index in [4.69, 9.17) is 0 Å². The van der Waals surface area contributed by atoms with Gasteiger partial charge in [0.25, 0.3) is 0 Å². The van der Waals surface area contributed by atoms with Crippen LogP contribution >= 0.6 is 22.6 Å². The number of nitrogens with zero attached hydrogens (tertiary/aromatic N) is 1. The van der Waals surface area contributed by atoms with Crippen molar-refractivity contribution in [3.8, 4) is 0 Å². The molecular weight excluding hydrogens is 297 g/mol. The van der Waals surface area contributed by atoms with E-state index in [9.17, 15) is 0 Å². The average Bonchev–Trinajstić information content (AvgIpc) is 2.30. The number of para-hydroxylation sites is 1. The molecule has 15 heavy (non-hydrogen) atoms. The minimum atomic E-state index is 1.20. The van der Waals surface area contributed by atoms with Crippen molar-refractivity contribution in [2.75, 3.05) is 11.9 Å². The van der Waals surface area contributed by atoms with Gasteiger partial charge < -0.3 is 4.90 Å². The van der Waals surface area contributed by atoms with Crippen LogP contribution in [-0.2, 0) is 0 Å². The maximum atomic E-state index is 3.07. The smallest absolute Gasteiger partial charge is 0.0544 e. The Balaban J connectivity index is 2.37. The van der Waals surface area contributed by atoms with E-state index >= 15 is 0 Å². The zero-order valence-corrected chi connectivity index (χ0v) is 10.6. The van der Waals surface area contributed by atoms with Crippen molar-refractivity contribution in [3.63, 3.8) is 0 Å². The predicted molar refractivity (Wildman–Crippen MR) is 72.5 cm³/mol. The third-order valence-electron chi connectivity index (χ3n) is 2.30. The van der Waals surface area contributed by atoms with Crippen LogP contribution in [0.2, 0.25) is 0 Å². The zero-order chi connectivity index (χ0) is 10.7. The van der Waals surface area contributed by atoms with Gasteiger partial charge in [-0.1, -0.05) is 24.3 Å². The molecule has 0 atom stereocenters. The SMILES string of the molecule is CN(c1ccccc1)c1cc[c]cc1I. The fraction of sp³-hybridized carbons (Fsp3) is 0.0769. The van der Waals surface area contributed by atoms with Crippen molar-refractivity contribution in [2.24, 2.45) is 0 Å². The van der Waals surface area contributed by atoms with Crippen LogP contribution in [0.5, 0.6) is 0 Å². The lowest BCUT2D eigenvalue weighted by molar-refractivity contribution is 1.20. The molecule has 0 saturated carbocycles. The Morgan fingerprint density at radius 3 is 2.53 bits per heavy atom. The standard InChI is InChI=1S/C13H11IN/c1-15(11-7-3-2-4-8-11)13-10-6-5-9-12(13)14/h2-4,6-10H,1H3. The molecule has 0 saturated heterocycles. The summed E-state index contributed by atoms with van der Waals surface area (Å²) in [5.74, 6) is 0. The van der Waals surface area contributed by atoms with Crippen LogP contribution < -0.4 is 4.90 Å². The van der Waals surface area contributed by atoms with Gasteiger partial charge >= 0.3 is 0 Å². The van der Waals surface area contributed by atoms with E-state index < -0.39 is 0 Å². The first-order valence-electron chi connectivity index (χ1n) is 4.73. The van der Waals surface area contributed by atoms with Crippen molar-refractivity contribution in [1.82, 2.24) is 0 Å². The number of hydrogen-bond donors (Lipinski definition) is 0. The topological polar surface area (TPSA) is 3.24 Å². The largest absolute Gasteiger partial charge is 0.344 e. The van der Waals surface area contributed by atoms with Crippen LogP contribution in [0.3, 0.4) is 0 Å². The van der Waals surface area contributed by atoms with Crippen molar-refractivity contribution in [1.29, 1.82) is 0 Å². The van der Waals surface area contributed by atoms with E-state index in [0.29, 0.717) is 0 Å². The van der Waals surface area contributed by atoms with E-state index in [2.05, 4.69) is 58.8 Å². The van der Waals surface area contributed by atoms with Crippen molar-refractivity contribution >= 4 is 34.0 Å². The van der Waals surface area contributed by atoms with Crippen molar-refractivity contribution in [2.45, 2.75) is 0 Å². The van der Waals surface area contributed by atoms with Gasteiger partial charge in [0.15, 0.2) is 0 Å². The first kappa shape index (κ1) is 10.5. The Morgan fingerprint density at radius 1 is 1.13 bits per heavy atom. The molecule has 0 fully saturated rings. The summed E-state index contributed by atoms with van der Waals surface area (Å²) in [7, 11) is 2.08. The normalized spacial score (nSPS) is 10.0. The Hall–Kier alpha value is -1.03. The summed E-state index contributed by atoms with van der Waals surface area (Å²) >= 11 is 2.33. The van der Waals surface area contributed by atoms with Gasteiger partial charge in [0.1, 0.15) is 0 Å². The molecule has 0 aromatic heterocycles. The molecule has 0 amide bonds. The third kappa shape index (κ3) is 2.31. The highest BCUT2D eigenvalue weighted by atomic mass is 127. The van der Waals surface area contributed by atoms with Crippen LogP contribution in [0, 0.1) is 9.64 Å². The molecule has 0 bridgehead atoms. The lowest BCUT2D eigenvalue weighted by Gasteiger charge is -2.20. The number of anilines is 2. The van der Waals surface area contributed by atoms with E-state index in [-0.39, 0.29) is 0 Å². The summed E-state index contributed by atoms with van der Waals surface area (Å²) in [6.07, 6.45) is 0. The Morgan fingerprint density at radius 2 is 1.87 bits per heavy atom. The monoisotopic (exact) mass is 308 g/mol. The predicted octanol–water partition coefficient (Wildman–Crippen LogP) is 3.86. The van der Waals surface area contributed by atoms with Crippen LogP contribution in [0.1, 0.15) is 0 Å². The minimum Gasteiger partial charge on any atom is -0.344 e. The van der Waals surface area contributed by atoms with Gasteiger partial charge in [-0.3, -0.25) is 0 Å². The van der Waals surface area contributed by atoms with Crippen molar-refractivity contribution < 1.29 is 0 Å². The summed E-state index contributed by atoms with van der Waals surface area (Å²) in [6.45, 7) is 0. The second kappa shape index (κ2) is 4.66. The fourth-order valence-electron chi connectivity index (χ4n) is 1.46. The lowest BCUT2D eigenvalue weighted by Crippen LogP contribution is -2.10. The molecule has 0 heterocycles. The number of rotatable bonds is 2. The van der Waals surface area contributed by atoms with Crippen LogP contribution in [0.25, 0.3) is 0 Å². The Kier molecular flexibility index (Phi) is 3.26. The van der Waals surface area contributed by atoms with E-state index in [1.807, 2.05) is 30.3 Å². The molecule has 1 radical (unpaired) electrons. The molecule has 0 N–H and O–H groups in total. The minimum absolute atomic E-state index is 1.20. The van der Waals surface area contributed by atoms with Gasteiger partial charge in [-0.2, -0.15) is 0 Å². The molecule has 2 aromatic carbocycles. The maximum absolute atomic E-state index is 3.07. The van der Waals surface area contributed by atoms with Crippen molar-refractivity contribution in [3.05, 3.63) is 58.2 Å². The lowest BCUT2D eigenvalue weighted by atomic mass is 10.2. The Labute approximate surface area is 104 Å². The quantitative estimate of drug-likeness (QED) is 0.762. The number of hydrogen-bond acceptors (Lipinski definition) is 1. The second-order valence-electron chi connectivity index (χ2n) is 3.27. The fourth-order valence-corrected chi connectivity index (χ4v) is 2.19. The van der Waals surface area contributed by atoms with Gasteiger partial charge in [0.2, 0.25) is 0 Å². The second-order valence-corrected chi connectivity index (χ2v) is 4.43. The highest BCUT2D eigenvalue weighted by Gasteiger charge is 2.05. The van der Waals surface area contributed by atoms with Gasteiger partial charge in [0, 0.05) is 16.3 Å². The van der Waals surface area contributed by atoms with Gasteiger partial charge in [-0.05, 0) is 52.9 Å². The first-order chi connectivity index (χ1) is 7.29. The highest BCUT2D eigenvalue weighted by Crippen LogP contribution is 2.27. The summed E-state index contributed by atoms with van der Waals surface area (Å²) in [6, 6.07) is 19.4. The molecule has 0 unspecified atom stereocenters. The first-order valence-corrected chi connectivity index (χ1v) is 5.81. The van der Waals surface area contributed by atoms with Gasteiger partial charge in [-0.15, -0.1) is 0 Å². The Bertz CT molecular complexity index is 439. The molecule has 0 aliphatic rings. The molecule has 0 spiro atoms. The maximum Gasteiger partial charge on any atom is 0.0544 e. The van der Waals surface area contributed by atoms with Gasteiger partial charge in [0.05, 0.1) is 5.69 Å². The highest BCUT2D eigenvalue weighted by molar-refractivity contribution is 14.1. The number of benzene rings is 2.